The number of nitrogens with one attached hydrogen (secondary N) is 1. The van der Waals surface area contributed by atoms with Crippen molar-refractivity contribution in [3.05, 3.63) is 0 Å². The SMILES string of the molecule is CC(C)CSCCNC1CCOC1. The molecular formula is C10H21NOS. The molecule has 0 spiro atoms. The fourth-order valence-electron chi connectivity index (χ4n) is 1.35. The molecule has 0 amide bonds. The average Bonchev–Trinajstić information content (AvgIpc) is 2.55. The van der Waals surface area contributed by atoms with Crippen LogP contribution in [-0.2, 0) is 4.74 Å². The van der Waals surface area contributed by atoms with Gasteiger partial charge in [0, 0.05) is 24.9 Å². The minimum absolute atomic E-state index is 0.625. The lowest BCUT2D eigenvalue weighted by Gasteiger charge is -2.10. The van der Waals surface area contributed by atoms with Gasteiger partial charge in [-0.25, -0.2) is 0 Å². The summed E-state index contributed by atoms with van der Waals surface area (Å²) in [6.07, 6.45) is 1.19. The number of thioether (sulfide) groups is 1. The Labute approximate surface area is 85.8 Å². The molecule has 1 saturated heterocycles. The first-order chi connectivity index (χ1) is 6.29. The van der Waals surface area contributed by atoms with Crippen LogP contribution >= 0.6 is 11.8 Å². The third-order valence-electron chi connectivity index (χ3n) is 2.06. The van der Waals surface area contributed by atoms with Crippen molar-refractivity contribution in [3.63, 3.8) is 0 Å². The minimum Gasteiger partial charge on any atom is -0.380 e. The van der Waals surface area contributed by atoms with E-state index >= 15 is 0 Å². The Morgan fingerprint density at radius 3 is 3.00 bits per heavy atom. The van der Waals surface area contributed by atoms with Gasteiger partial charge in [-0.2, -0.15) is 11.8 Å². The van der Waals surface area contributed by atoms with Gasteiger partial charge in [-0.1, -0.05) is 13.8 Å². The van der Waals surface area contributed by atoms with Gasteiger partial charge in [0.25, 0.3) is 0 Å². The molecule has 1 rings (SSSR count). The van der Waals surface area contributed by atoms with Gasteiger partial charge < -0.3 is 10.1 Å². The molecule has 1 heterocycles. The molecule has 1 fully saturated rings. The molecule has 1 unspecified atom stereocenters. The summed E-state index contributed by atoms with van der Waals surface area (Å²) in [5.74, 6) is 3.33. The van der Waals surface area contributed by atoms with Crippen molar-refractivity contribution < 1.29 is 4.74 Å². The van der Waals surface area contributed by atoms with Gasteiger partial charge in [0.15, 0.2) is 0 Å². The van der Waals surface area contributed by atoms with Crippen molar-refractivity contribution in [1.82, 2.24) is 5.32 Å². The van der Waals surface area contributed by atoms with Gasteiger partial charge in [0.1, 0.15) is 0 Å². The second-order valence-corrected chi connectivity index (χ2v) is 5.13. The van der Waals surface area contributed by atoms with Crippen molar-refractivity contribution >= 4 is 11.8 Å². The van der Waals surface area contributed by atoms with Gasteiger partial charge in [-0.15, -0.1) is 0 Å². The van der Waals surface area contributed by atoms with E-state index in [9.17, 15) is 0 Å². The maximum absolute atomic E-state index is 5.28. The van der Waals surface area contributed by atoms with E-state index in [-0.39, 0.29) is 0 Å². The molecule has 0 aromatic carbocycles. The molecular weight excluding hydrogens is 182 g/mol. The fraction of sp³-hybridized carbons (Fsp3) is 1.00. The van der Waals surface area contributed by atoms with Gasteiger partial charge >= 0.3 is 0 Å². The Bertz CT molecular complexity index is 124. The van der Waals surface area contributed by atoms with E-state index in [1.807, 2.05) is 11.8 Å². The van der Waals surface area contributed by atoms with E-state index in [0.29, 0.717) is 6.04 Å². The summed E-state index contributed by atoms with van der Waals surface area (Å²) in [4.78, 5) is 0. The Hall–Kier alpha value is 0.270. The van der Waals surface area contributed by atoms with Crippen molar-refractivity contribution in [2.75, 3.05) is 31.3 Å². The van der Waals surface area contributed by atoms with E-state index in [4.69, 9.17) is 4.74 Å². The second-order valence-electron chi connectivity index (χ2n) is 3.98. The third kappa shape index (κ3) is 5.55. The molecule has 0 bridgehead atoms. The number of ether oxygens (including phenoxy) is 1. The molecule has 0 aliphatic carbocycles. The zero-order valence-corrected chi connectivity index (χ0v) is 9.53. The highest BCUT2D eigenvalue weighted by molar-refractivity contribution is 7.99. The number of hydrogen-bond donors (Lipinski definition) is 1. The van der Waals surface area contributed by atoms with Gasteiger partial charge in [0.2, 0.25) is 0 Å². The zero-order valence-electron chi connectivity index (χ0n) is 8.71. The summed E-state index contributed by atoms with van der Waals surface area (Å²) in [7, 11) is 0. The number of hydrogen-bond acceptors (Lipinski definition) is 3. The summed E-state index contributed by atoms with van der Waals surface area (Å²) in [6.45, 7) is 7.52. The third-order valence-corrected chi connectivity index (χ3v) is 3.46. The van der Waals surface area contributed by atoms with E-state index in [1.54, 1.807) is 0 Å². The van der Waals surface area contributed by atoms with Crippen molar-refractivity contribution in [2.45, 2.75) is 26.3 Å². The van der Waals surface area contributed by atoms with Gasteiger partial charge in [0.05, 0.1) is 6.61 Å². The highest BCUT2D eigenvalue weighted by atomic mass is 32.2. The van der Waals surface area contributed by atoms with Gasteiger partial charge in [-0.3, -0.25) is 0 Å². The Kier molecular flexibility index (Phi) is 5.83. The maximum Gasteiger partial charge on any atom is 0.0620 e. The van der Waals surface area contributed by atoms with E-state index in [2.05, 4.69) is 19.2 Å². The molecule has 2 nitrogen and oxygen atoms in total. The number of rotatable bonds is 6. The molecule has 1 N–H and O–H groups in total. The molecule has 78 valence electrons. The summed E-state index contributed by atoms with van der Waals surface area (Å²) in [5, 5.41) is 3.51. The molecule has 0 saturated carbocycles. The smallest absolute Gasteiger partial charge is 0.0620 e. The lowest BCUT2D eigenvalue weighted by atomic mass is 10.3. The Balaban J connectivity index is 1.83. The summed E-state index contributed by atoms with van der Waals surface area (Å²) < 4.78 is 5.28. The van der Waals surface area contributed by atoms with Crippen LogP contribution < -0.4 is 5.32 Å². The molecule has 13 heavy (non-hydrogen) atoms. The summed E-state index contributed by atoms with van der Waals surface area (Å²) >= 11 is 2.04. The fourth-order valence-corrected chi connectivity index (χ4v) is 2.25. The lowest BCUT2D eigenvalue weighted by molar-refractivity contribution is 0.190. The molecule has 0 radical (unpaired) electrons. The quantitative estimate of drug-likeness (QED) is 0.665. The van der Waals surface area contributed by atoms with Crippen LogP contribution in [0.1, 0.15) is 20.3 Å². The molecule has 0 aromatic rings. The van der Waals surface area contributed by atoms with Crippen LogP contribution in [0.2, 0.25) is 0 Å². The Morgan fingerprint density at radius 1 is 1.54 bits per heavy atom. The van der Waals surface area contributed by atoms with Crippen molar-refractivity contribution in [2.24, 2.45) is 5.92 Å². The van der Waals surface area contributed by atoms with Crippen molar-refractivity contribution in [1.29, 1.82) is 0 Å². The highest BCUT2D eigenvalue weighted by Crippen LogP contribution is 2.07. The highest BCUT2D eigenvalue weighted by Gasteiger charge is 2.13. The van der Waals surface area contributed by atoms with E-state index in [0.717, 1.165) is 25.7 Å². The monoisotopic (exact) mass is 203 g/mol. The summed E-state index contributed by atoms with van der Waals surface area (Å²) in [5.41, 5.74) is 0. The molecule has 1 atom stereocenters. The largest absolute Gasteiger partial charge is 0.380 e. The molecule has 1 aliphatic rings. The predicted octanol–water partition coefficient (Wildman–Crippen LogP) is 1.75. The van der Waals surface area contributed by atoms with Crippen LogP contribution in [0.5, 0.6) is 0 Å². The molecule has 1 aliphatic heterocycles. The second kappa shape index (κ2) is 6.68. The van der Waals surface area contributed by atoms with Crippen LogP contribution in [0.25, 0.3) is 0 Å². The first-order valence-corrected chi connectivity index (χ1v) is 6.33. The van der Waals surface area contributed by atoms with E-state index < -0.39 is 0 Å². The predicted molar refractivity (Wildman–Crippen MR) is 59.4 cm³/mol. The zero-order chi connectivity index (χ0) is 9.52. The topological polar surface area (TPSA) is 21.3 Å². The normalized spacial score (nSPS) is 22.8. The lowest BCUT2D eigenvalue weighted by Crippen LogP contribution is -2.31. The van der Waals surface area contributed by atoms with E-state index in [1.165, 1.54) is 17.9 Å². The van der Waals surface area contributed by atoms with Crippen LogP contribution in [0.3, 0.4) is 0 Å². The van der Waals surface area contributed by atoms with Crippen LogP contribution in [-0.4, -0.2) is 37.3 Å². The van der Waals surface area contributed by atoms with Gasteiger partial charge in [-0.05, 0) is 18.1 Å². The van der Waals surface area contributed by atoms with Crippen LogP contribution in [0.15, 0.2) is 0 Å². The maximum atomic E-state index is 5.28. The molecule has 3 heteroatoms. The Morgan fingerprint density at radius 2 is 2.38 bits per heavy atom. The van der Waals surface area contributed by atoms with Crippen molar-refractivity contribution in [3.8, 4) is 0 Å². The van der Waals surface area contributed by atoms with Crippen LogP contribution in [0.4, 0.5) is 0 Å². The minimum atomic E-state index is 0.625. The molecule has 0 aromatic heterocycles. The standard InChI is InChI=1S/C10H21NOS/c1-9(2)8-13-6-4-11-10-3-5-12-7-10/h9-11H,3-8H2,1-2H3. The average molecular weight is 203 g/mol. The van der Waals surface area contributed by atoms with Crippen LogP contribution in [0, 0.1) is 5.92 Å². The summed E-state index contributed by atoms with van der Waals surface area (Å²) in [6, 6.07) is 0.625. The first kappa shape index (κ1) is 11.3. The first-order valence-electron chi connectivity index (χ1n) is 5.18.